The fraction of sp³-hybridized carbons (Fsp3) is 0.130. The van der Waals surface area contributed by atoms with E-state index in [4.69, 9.17) is 0 Å². The van der Waals surface area contributed by atoms with Gasteiger partial charge in [0.15, 0.2) is 15.9 Å². The van der Waals surface area contributed by atoms with E-state index in [1.54, 1.807) is 24.3 Å². The molecule has 4 rings (SSSR count). The summed E-state index contributed by atoms with van der Waals surface area (Å²) in [6.45, 7) is 2.02. The number of hydrogen-bond acceptors (Lipinski definition) is 2. The van der Waals surface area contributed by atoms with Crippen molar-refractivity contribution in [1.82, 2.24) is 0 Å². The maximum absolute atomic E-state index is 13.3. The minimum Gasteiger partial charge on any atom is -0.292 e. The first-order valence-electron chi connectivity index (χ1n) is 8.52. The fourth-order valence-electron chi connectivity index (χ4n) is 3.69. The molecule has 0 heterocycles. The first-order valence-corrected chi connectivity index (χ1v) is 9.32. The Balaban J connectivity index is 1.94. The van der Waals surface area contributed by atoms with Crippen molar-refractivity contribution in [1.29, 1.82) is 0 Å². The van der Waals surface area contributed by atoms with Crippen LogP contribution in [0.15, 0.2) is 78.9 Å². The molecule has 128 valence electrons. The van der Waals surface area contributed by atoms with Crippen LogP contribution in [0.2, 0.25) is 0 Å². The van der Waals surface area contributed by atoms with Crippen LogP contribution in [0.3, 0.4) is 0 Å². The molecule has 0 saturated carbocycles. The SMILES string of the molecule is Cc1ccc(C(c2ccccc2)C2(Br)C(=O)c3ccccc3C2=O)cc1. The number of hydrogen-bond donors (Lipinski definition) is 0. The van der Waals surface area contributed by atoms with Crippen molar-refractivity contribution in [2.24, 2.45) is 0 Å². The maximum atomic E-state index is 13.3. The lowest BCUT2D eigenvalue weighted by Gasteiger charge is -2.30. The lowest BCUT2D eigenvalue weighted by atomic mass is 9.78. The van der Waals surface area contributed by atoms with Crippen molar-refractivity contribution in [2.75, 3.05) is 0 Å². The molecule has 0 spiro atoms. The van der Waals surface area contributed by atoms with E-state index in [2.05, 4.69) is 15.9 Å². The largest absolute Gasteiger partial charge is 0.292 e. The average molecular weight is 405 g/mol. The highest BCUT2D eigenvalue weighted by molar-refractivity contribution is 9.10. The van der Waals surface area contributed by atoms with Gasteiger partial charge in [-0.1, -0.05) is 100 Å². The van der Waals surface area contributed by atoms with Crippen LogP contribution in [0.5, 0.6) is 0 Å². The van der Waals surface area contributed by atoms with E-state index >= 15 is 0 Å². The zero-order valence-electron chi connectivity index (χ0n) is 14.3. The summed E-state index contributed by atoms with van der Waals surface area (Å²) in [7, 11) is 0. The van der Waals surface area contributed by atoms with Crippen molar-refractivity contribution < 1.29 is 9.59 Å². The van der Waals surface area contributed by atoms with Gasteiger partial charge < -0.3 is 0 Å². The van der Waals surface area contributed by atoms with Gasteiger partial charge in [0.1, 0.15) is 0 Å². The predicted octanol–water partition coefficient (Wildman–Crippen LogP) is 5.34. The molecule has 3 heteroatoms. The summed E-state index contributed by atoms with van der Waals surface area (Å²) >= 11 is 3.62. The number of halogens is 1. The van der Waals surface area contributed by atoms with Gasteiger partial charge in [-0.2, -0.15) is 0 Å². The molecule has 26 heavy (non-hydrogen) atoms. The third-order valence-electron chi connectivity index (χ3n) is 5.02. The highest BCUT2D eigenvalue weighted by Crippen LogP contribution is 2.49. The van der Waals surface area contributed by atoms with Crippen molar-refractivity contribution in [3.05, 3.63) is 107 Å². The van der Waals surface area contributed by atoms with E-state index in [1.807, 2.05) is 61.5 Å². The van der Waals surface area contributed by atoms with Crippen LogP contribution < -0.4 is 0 Å². The summed E-state index contributed by atoms with van der Waals surface area (Å²) in [5.74, 6) is -0.753. The van der Waals surface area contributed by atoms with Crippen LogP contribution in [0.4, 0.5) is 0 Å². The Labute approximate surface area is 161 Å². The zero-order valence-corrected chi connectivity index (χ0v) is 15.9. The standard InChI is InChI=1S/C23H17BrO2/c1-15-11-13-17(14-12-15)20(16-7-3-2-4-8-16)23(24)21(25)18-9-5-6-10-19(18)22(23)26/h2-14,20H,1H3. The summed E-state index contributed by atoms with van der Waals surface area (Å²) in [6.07, 6.45) is 0. The van der Waals surface area contributed by atoms with Gasteiger partial charge >= 0.3 is 0 Å². The minimum absolute atomic E-state index is 0.174. The number of aryl methyl sites for hydroxylation is 1. The summed E-state index contributed by atoms with van der Waals surface area (Å²) in [6, 6.07) is 24.8. The molecular weight excluding hydrogens is 388 g/mol. The van der Waals surface area contributed by atoms with Crippen LogP contribution in [-0.2, 0) is 0 Å². The number of carbonyl (C=O) groups excluding carboxylic acids is 2. The molecule has 0 fully saturated rings. The lowest BCUT2D eigenvalue weighted by Crippen LogP contribution is -2.41. The van der Waals surface area contributed by atoms with Crippen LogP contribution >= 0.6 is 15.9 Å². The normalized spacial score (nSPS) is 16.4. The van der Waals surface area contributed by atoms with Crippen molar-refractivity contribution in [3.8, 4) is 0 Å². The average Bonchev–Trinajstić information content (AvgIpc) is 2.87. The Morgan fingerprint density at radius 2 is 1.15 bits per heavy atom. The molecule has 0 aliphatic heterocycles. The molecule has 2 nitrogen and oxygen atoms in total. The quantitative estimate of drug-likeness (QED) is 0.436. The molecule has 0 amide bonds. The molecule has 0 aromatic heterocycles. The number of benzene rings is 3. The molecule has 1 aliphatic carbocycles. The van der Waals surface area contributed by atoms with Gasteiger partial charge in [-0.05, 0) is 18.1 Å². The molecule has 3 aromatic carbocycles. The lowest BCUT2D eigenvalue weighted by molar-refractivity contribution is 0.0861. The van der Waals surface area contributed by atoms with Gasteiger partial charge in [0.25, 0.3) is 0 Å². The van der Waals surface area contributed by atoms with E-state index in [1.165, 1.54) is 0 Å². The second-order valence-electron chi connectivity index (χ2n) is 6.67. The summed E-state index contributed by atoms with van der Waals surface area (Å²) < 4.78 is -1.33. The van der Waals surface area contributed by atoms with Gasteiger partial charge in [0, 0.05) is 17.0 Å². The number of Topliss-reactive ketones (excluding diaryl/α,β-unsaturated/α-hetero) is 2. The number of rotatable bonds is 3. The molecule has 0 bridgehead atoms. The number of carbonyl (C=O) groups is 2. The van der Waals surface area contributed by atoms with Gasteiger partial charge in [0.05, 0.1) is 0 Å². The van der Waals surface area contributed by atoms with Gasteiger partial charge in [-0.3, -0.25) is 9.59 Å². The van der Waals surface area contributed by atoms with Crippen LogP contribution in [-0.4, -0.2) is 15.9 Å². The number of ketones is 2. The smallest absolute Gasteiger partial charge is 0.189 e. The Kier molecular flexibility index (Phi) is 4.12. The second kappa shape index (κ2) is 6.33. The molecule has 1 unspecified atom stereocenters. The van der Waals surface area contributed by atoms with E-state index in [0.717, 1.165) is 16.7 Å². The first-order chi connectivity index (χ1) is 12.5. The number of alkyl halides is 1. The molecule has 0 N–H and O–H groups in total. The Morgan fingerprint density at radius 1 is 0.692 bits per heavy atom. The predicted molar refractivity (Wildman–Crippen MR) is 106 cm³/mol. The Hall–Kier alpha value is -2.52. The molecular formula is C23H17BrO2. The Morgan fingerprint density at radius 3 is 1.69 bits per heavy atom. The van der Waals surface area contributed by atoms with Crippen LogP contribution in [0.1, 0.15) is 43.3 Å². The molecule has 1 aliphatic rings. The maximum Gasteiger partial charge on any atom is 0.189 e. The second-order valence-corrected chi connectivity index (χ2v) is 7.92. The summed E-state index contributed by atoms with van der Waals surface area (Å²) in [5, 5.41) is 0. The van der Waals surface area contributed by atoms with Gasteiger partial charge in [-0.25, -0.2) is 0 Å². The van der Waals surface area contributed by atoms with E-state index in [0.29, 0.717) is 11.1 Å². The van der Waals surface area contributed by atoms with Crippen molar-refractivity contribution >= 4 is 27.5 Å². The van der Waals surface area contributed by atoms with Crippen LogP contribution in [0, 0.1) is 6.92 Å². The molecule has 1 atom stereocenters. The van der Waals surface area contributed by atoms with E-state index in [9.17, 15) is 9.59 Å². The summed E-state index contributed by atoms with van der Waals surface area (Å²) in [4.78, 5) is 26.6. The van der Waals surface area contributed by atoms with Crippen molar-refractivity contribution in [3.63, 3.8) is 0 Å². The van der Waals surface area contributed by atoms with E-state index < -0.39 is 10.2 Å². The van der Waals surface area contributed by atoms with Gasteiger partial charge in [-0.15, -0.1) is 0 Å². The topological polar surface area (TPSA) is 34.1 Å². The highest BCUT2D eigenvalue weighted by Gasteiger charge is 2.56. The highest BCUT2D eigenvalue weighted by atomic mass is 79.9. The summed E-state index contributed by atoms with van der Waals surface area (Å²) in [5.41, 5.74) is 3.98. The molecule has 0 saturated heterocycles. The van der Waals surface area contributed by atoms with Gasteiger partial charge in [0.2, 0.25) is 0 Å². The van der Waals surface area contributed by atoms with E-state index in [-0.39, 0.29) is 11.6 Å². The third-order valence-corrected chi connectivity index (χ3v) is 6.20. The molecule has 3 aromatic rings. The monoisotopic (exact) mass is 404 g/mol. The fourth-order valence-corrected chi connectivity index (χ4v) is 4.65. The molecule has 0 radical (unpaired) electrons. The minimum atomic E-state index is -1.33. The third kappa shape index (κ3) is 2.46. The number of fused-ring (bicyclic) bond motifs is 1. The zero-order chi connectivity index (χ0) is 18.3. The van der Waals surface area contributed by atoms with Crippen molar-refractivity contribution in [2.45, 2.75) is 17.2 Å². The van der Waals surface area contributed by atoms with Crippen LogP contribution in [0.25, 0.3) is 0 Å². The Bertz CT molecular complexity index is 955. The first kappa shape index (κ1) is 16.9.